The molecule has 0 N–H and O–H groups in total. The fourth-order valence-corrected chi connectivity index (χ4v) is 2.82. The van der Waals surface area contributed by atoms with E-state index in [4.69, 9.17) is 0 Å². The van der Waals surface area contributed by atoms with E-state index in [1.165, 1.54) is 42.7 Å². The zero-order chi connectivity index (χ0) is 12.9. The summed E-state index contributed by atoms with van der Waals surface area (Å²) in [6.07, 6.45) is 8.62. The number of nitrogens with zero attached hydrogens (tertiary/aromatic N) is 2. The van der Waals surface area contributed by atoms with Gasteiger partial charge in [-0.05, 0) is 55.0 Å². The first-order chi connectivity index (χ1) is 9.43. The van der Waals surface area contributed by atoms with Gasteiger partial charge in [0.15, 0.2) is 0 Å². The molecule has 2 heteroatoms. The Morgan fingerprint density at radius 2 is 1.63 bits per heavy atom. The highest BCUT2D eigenvalue weighted by atomic mass is 15.1. The van der Waals surface area contributed by atoms with Crippen LogP contribution in [0.3, 0.4) is 0 Å². The lowest BCUT2D eigenvalue weighted by molar-refractivity contribution is 0.911. The Balaban J connectivity index is 1.73. The molecule has 1 aromatic heterocycles. The highest BCUT2D eigenvalue weighted by molar-refractivity contribution is 5.54. The van der Waals surface area contributed by atoms with E-state index in [9.17, 15) is 0 Å². The maximum absolute atomic E-state index is 4.07. The summed E-state index contributed by atoms with van der Waals surface area (Å²) in [5.74, 6) is 0. The Labute approximate surface area is 115 Å². The van der Waals surface area contributed by atoms with Gasteiger partial charge in [0.2, 0.25) is 0 Å². The number of rotatable bonds is 4. The highest BCUT2D eigenvalue weighted by Gasteiger charge is 2.14. The third-order valence-electron chi connectivity index (χ3n) is 3.87. The average molecular weight is 252 g/mol. The molecule has 1 aliphatic rings. The quantitative estimate of drug-likeness (QED) is 0.828. The summed E-state index contributed by atoms with van der Waals surface area (Å²) in [5, 5.41) is 0. The minimum atomic E-state index is 1.09. The summed E-state index contributed by atoms with van der Waals surface area (Å²) in [7, 11) is 0. The van der Waals surface area contributed by atoms with Crippen molar-refractivity contribution in [1.29, 1.82) is 0 Å². The molecule has 0 bridgehead atoms. The van der Waals surface area contributed by atoms with E-state index in [-0.39, 0.29) is 0 Å². The smallest absolute Gasteiger partial charge is 0.0398 e. The Bertz CT molecular complexity index is 516. The van der Waals surface area contributed by atoms with Crippen LogP contribution in [-0.4, -0.2) is 18.1 Å². The third-order valence-corrected chi connectivity index (χ3v) is 3.87. The van der Waals surface area contributed by atoms with E-state index in [1.807, 2.05) is 12.4 Å². The SMILES string of the molecule is c1ccc(N2CCCC2)c(CCc2ccncc2)c1. The van der Waals surface area contributed by atoms with Crippen molar-refractivity contribution in [2.45, 2.75) is 25.7 Å². The van der Waals surface area contributed by atoms with Crippen LogP contribution in [0.2, 0.25) is 0 Å². The summed E-state index contributed by atoms with van der Waals surface area (Å²) in [6.45, 7) is 2.43. The van der Waals surface area contributed by atoms with Crippen molar-refractivity contribution in [2.75, 3.05) is 18.0 Å². The van der Waals surface area contributed by atoms with Crippen molar-refractivity contribution in [3.63, 3.8) is 0 Å². The molecule has 1 aromatic carbocycles. The standard InChI is InChI=1S/C17H20N2/c1-2-6-17(19-13-3-4-14-19)16(5-1)8-7-15-9-11-18-12-10-15/h1-2,5-6,9-12H,3-4,7-8,13-14H2. The molecule has 2 heterocycles. The summed E-state index contributed by atoms with van der Waals surface area (Å²) in [5.41, 5.74) is 4.28. The molecule has 19 heavy (non-hydrogen) atoms. The van der Waals surface area contributed by atoms with Gasteiger partial charge in [-0.25, -0.2) is 0 Å². The van der Waals surface area contributed by atoms with Crippen LogP contribution in [0.15, 0.2) is 48.8 Å². The fraction of sp³-hybridized carbons (Fsp3) is 0.353. The molecule has 0 spiro atoms. The van der Waals surface area contributed by atoms with Gasteiger partial charge in [0.1, 0.15) is 0 Å². The number of aromatic nitrogens is 1. The van der Waals surface area contributed by atoms with Crippen LogP contribution in [-0.2, 0) is 12.8 Å². The molecule has 0 radical (unpaired) electrons. The number of aryl methyl sites for hydroxylation is 2. The highest BCUT2D eigenvalue weighted by Crippen LogP contribution is 2.25. The second-order valence-corrected chi connectivity index (χ2v) is 5.18. The van der Waals surface area contributed by atoms with E-state index in [0.29, 0.717) is 0 Å². The van der Waals surface area contributed by atoms with Crippen molar-refractivity contribution < 1.29 is 0 Å². The topological polar surface area (TPSA) is 16.1 Å². The molecule has 0 aliphatic carbocycles. The van der Waals surface area contributed by atoms with Gasteiger partial charge in [-0.2, -0.15) is 0 Å². The van der Waals surface area contributed by atoms with Crippen LogP contribution < -0.4 is 4.90 Å². The van der Waals surface area contributed by atoms with Crippen LogP contribution in [0.4, 0.5) is 5.69 Å². The maximum Gasteiger partial charge on any atom is 0.0398 e. The lowest BCUT2D eigenvalue weighted by atomic mass is 10.0. The Morgan fingerprint density at radius 3 is 2.42 bits per heavy atom. The van der Waals surface area contributed by atoms with Gasteiger partial charge in [-0.1, -0.05) is 18.2 Å². The van der Waals surface area contributed by atoms with Crippen molar-refractivity contribution in [3.05, 3.63) is 59.9 Å². The second kappa shape index (κ2) is 5.87. The van der Waals surface area contributed by atoms with Gasteiger partial charge >= 0.3 is 0 Å². The van der Waals surface area contributed by atoms with Crippen LogP contribution >= 0.6 is 0 Å². The van der Waals surface area contributed by atoms with E-state index in [1.54, 1.807) is 0 Å². The average Bonchev–Trinajstić information content (AvgIpc) is 3.01. The van der Waals surface area contributed by atoms with Gasteiger partial charge < -0.3 is 4.90 Å². The molecule has 1 aliphatic heterocycles. The molecule has 0 saturated carbocycles. The van der Waals surface area contributed by atoms with Crippen LogP contribution in [0.1, 0.15) is 24.0 Å². The van der Waals surface area contributed by atoms with E-state index in [0.717, 1.165) is 12.8 Å². The summed E-state index contributed by atoms with van der Waals surface area (Å²) < 4.78 is 0. The molecule has 2 nitrogen and oxygen atoms in total. The molecule has 2 aromatic rings. The minimum Gasteiger partial charge on any atom is -0.371 e. The maximum atomic E-state index is 4.07. The molecule has 0 amide bonds. The predicted molar refractivity (Wildman–Crippen MR) is 79.5 cm³/mol. The first kappa shape index (κ1) is 12.2. The fourth-order valence-electron chi connectivity index (χ4n) is 2.82. The zero-order valence-corrected chi connectivity index (χ0v) is 11.3. The van der Waals surface area contributed by atoms with Crippen molar-refractivity contribution in [1.82, 2.24) is 4.98 Å². The van der Waals surface area contributed by atoms with Crippen molar-refractivity contribution in [2.24, 2.45) is 0 Å². The number of para-hydroxylation sites is 1. The van der Waals surface area contributed by atoms with Gasteiger partial charge in [-0.15, -0.1) is 0 Å². The van der Waals surface area contributed by atoms with E-state index >= 15 is 0 Å². The normalized spacial score (nSPS) is 14.8. The van der Waals surface area contributed by atoms with E-state index in [2.05, 4.69) is 46.3 Å². The molecule has 3 rings (SSSR count). The van der Waals surface area contributed by atoms with Crippen LogP contribution in [0, 0.1) is 0 Å². The Morgan fingerprint density at radius 1 is 0.895 bits per heavy atom. The lowest BCUT2D eigenvalue weighted by Gasteiger charge is -2.21. The molecular weight excluding hydrogens is 232 g/mol. The van der Waals surface area contributed by atoms with Crippen LogP contribution in [0.5, 0.6) is 0 Å². The first-order valence-electron chi connectivity index (χ1n) is 7.15. The number of benzene rings is 1. The Kier molecular flexibility index (Phi) is 3.78. The largest absolute Gasteiger partial charge is 0.371 e. The summed E-state index contributed by atoms with van der Waals surface area (Å²) in [6, 6.07) is 13.1. The molecule has 1 saturated heterocycles. The summed E-state index contributed by atoms with van der Waals surface area (Å²) in [4.78, 5) is 6.60. The molecule has 1 fully saturated rings. The zero-order valence-electron chi connectivity index (χ0n) is 11.3. The minimum absolute atomic E-state index is 1.09. The van der Waals surface area contributed by atoms with Crippen molar-refractivity contribution >= 4 is 5.69 Å². The third kappa shape index (κ3) is 2.95. The van der Waals surface area contributed by atoms with Crippen molar-refractivity contribution in [3.8, 4) is 0 Å². The Hall–Kier alpha value is -1.83. The summed E-state index contributed by atoms with van der Waals surface area (Å²) >= 11 is 0. The molecular formula is C17H20N2. The monoisotopic (exact) mass is 252 g/mol. The van der Waals surface area contributed by atoms with Gasteiger partial charge in [0, 0.05) is 31.2 Å². The number of hydrogen-bond donors (Lipinski definition) is 0. The number of hydrogen-bond acceptors (Lipinski definition) is 2. The number of anilines is 1. The molecule has 0 atom stereocenters. The van der Waals surface area contributed by atoms with Gasteiger partial charge in [-0.3, -0.25) is 4.98 Å². The molecule has 0 unspecified atom stereocenters. The van der Waals surface area contributed by atoms with Gasteiger partial charge in [0.05, 0.1) is 0 Å². The lowest BCUT2D eigenvalue weighted by Crippen LogP contribution is -2.19. The first-order valence-corrected chi connectivity index (χ1v) is 7.15. The van der Waals surface area contributed by atoms with E-state index < -0.39 is 0 Å². The predicted octanol–water partition coefficient (Wildman–Crippen LogP) is 3.47. The number of pyridine rings is 1. The van der Waals surface area contributed by atoms with Crippen LogP contribution in [0.25, 0.3) is 0 Å². The second-order valence-electron chi connectivity index (χ2n) is 5.18. The van der Waals surface area contributed by atoms with Gasteiger partial charge in [0.25, 0.3) is 0 Å². The molecule has 98 valence electrons.